The zero-order valence-electron chi connectivity index (χ0n) is 6.51. The Labute approximate surface area is 84.6 Å². The molecule has 0 saturated heterocycles. The largest absolute Gasteiger partial charge is 2.00 e. The molecule has 0 spiro atoms. The van der Waals surface area contributed by atoms with Gasteiger partial charge in [0.05, 0.1) is 11.9 Å². The number of carbonyl (C=O) groups excluding carboxylic acids is 2. The molecule has 12 heavy (non-hydrogen) atoms. The second-order valence-corrected chi connectivity index (χ2v) is 3.74. The van der Waals surface area contributed by atoms with E-state index in [4.69, 9.17) is 0 Å². The number of rotatable bonds is 4. The second kappa shape index (κ2) is 6.32. The standard InChI is InChI=1S/C6H10O4S.Ni/c1-3(5(7)8)11-4(2)6(9)10;/h3-4H,1-2H3,(H,7,8)(H,9,10);/q;+2/p-2. The van der Waals surface area contributed by atoms with Crippen molar-refractivity contribution in [2.75, 3.05) is 0 Å². The Balaban J connectivity index is 0. The molecular formula is C6H8NiO4S. The summed E-state index contributed by atoms with van der Waals surface area (Å²) in [6, 6.07) is 0. The van der Waals surface area contributed by atoms with E-state index in [0.717, 1.165) is 11.8 Å². The van der Waals surface area contributed by atoms with E-state index >= 15 is 0 Å². The molecule has 0 heterocycles. The Morgan fingerprint density at radius 3 is 1.50 bits per heavy atom. The van der Waals surface area contributed by atoms with Crippen LogP contribution >= 0.6 is 11.8 Å². The fourth-order valence-electron chi connectivity index (χ4n) is 0.417. The number of hydrogen-bond acceptors (Lipinski definition) is 5. The molecule has 2 atom stereocenters. The summed E-state index contributed by atoms with van der Waals surface area (Å²) < 4.78 is 0. The van der Waals surface area contributed by atoms with Crippen LogP contribution in [0.3, 0.4) is 0 Å². The predicted molar refractivity (Wildman–Crippen MR) is 36.5 cm³/mol. The van der Waals surface area contributed by atoms with Crippen LogP contribution in [0.5, 0.6) is 0 Å². The molecule has 0 N–H and O–H groups in total. The second-order valence-electron chi connectivity index (χ2n) is 2.06. The van der Waals surface area contributed by atoms with Crippen molar-refractivity contribution in [3.8, 4) is 0 Å². The van der Waals surface area contributed by atoms with Gasteiger partial charge in [-0.05, 0) is 13.8 Å². The van der Waals surface area contributed by atoms with Gasteiger partial charge in [0.1, 0.15) is 0 Å². The third-order valence-electron chi connectivity index (χ3n) is 1.07. The van der Waals surface area contributed by atoms with Crippen LogP contribution in [0.2, 0.25) is 0 Å². The van der Waals surface area contributed by atoms with E-state index in [2.05, 4.69) is 0 Å². The number of carboxylic acids is 2. The van der Waals surface area contributed by atoms with Gasteiger partial charge in [0, 0.05) is 10.5 Å². The van der Waals surface area contributed by atoms with Crippen LogP contribution in [-0.2, 0) is 26.1 Å². The Bertz CT molecular complexity index is 155. The van der Waals surface area contributed by atoms with E-state index in [1.807, 2.05) is 0 Å². The first-order valence-corrected chi connectivity index (χ1v) is 3.96. The van der Waals surface area contributed by atoms with Crippen molar-refractivity contribution in [3.05, 3.63) is 0 Å². The molecule has 0 amide bonds. The minimum Gasteiger partial charge on any atom is -0.549 e. The van der Waals surface area contributed by atoms with E-state index in [9.17, 15) is 19.8 Å². The van der Waals surface area contributed by atoms with Crippen molar-refractivity contribution in [2.45, 2.75) is 24.3 Å². The van der Waals surface area contributed by atoms with Crippen LogP contribution in [0.15, 0.2) is 0 Å². The van der Waals surface area contributed by atoms with Gasteiger partial charge in [0.2, 0.25) is 0 Å². The molecule has 0 bridgehead atoms. The first kappa shape index (κ1) is 14.3. The Morgan fingerprint density at radius 1 is 1.08 bits per heavy atom. The molecule has 0 aliphatic rings. The number of hydrogen-bond donors (Lipinski definition) is 0. The first-order valence-electron chi connectivity index (χ1n) is 3.02. The van der Waals surface area contributed by atoms with E-state index in [0.29, 0.717) is 0 Å². The summed E-state index contributed by atoms with van der Waals surface area (Å²) in [7, 11) is 0. The molecule has 0 aliphatic carbocycles. The number of carbonyl (C=O) groups is 2. The maximum atomic E-state index is 10.1. The third-order valence-corrected chi connectivity index (χ3v) is 2.27. The maximum Gasteiger partial charge on any atom is 2.00 e. The van der Waals surface area contributed by atoms with E-state index < -0.39 is 22.4 Å². The molecule has 0 saturated carbocycles. The van der Waals surface area contributed by atoms with Gasteiger partial charge in [-0.15, -0.1) is 11.8 Å². The molecule has 0 fully saturated rings. The summed E-state index contributed by atoms with van der Waals surface area (Å²) >= 11 is 0.792. The summed E-state index contributed by atoms with van der Waals surface area (Å²) in [4.78, 5) is 20.2. The van der Waals surface area contributed by atoms with Crippen LogP contribution < -0.4 is 10.2 Å². The minimum atomic E-state index is -1.26. The number of thioether (sulfide) groups is 1. The van der Waals surface area contributed by atoms with Gasteiger partial charge in [-0.25, -0.2) is 0 Å². The van der Waals surface area contributed by atoms with Gasteiger partial charge in [-0.2, -0.15) is 0 Å². The molecule has 0 radical (unpaired) electrons. The van der Waals surface area contributed by atoms with E-state index in [1.165, 1.54) is 13.8 Å². The maximum absolute atomic E-state index is 10.1. The molecule has 0 aliphatic heterocycles. The van der Waals surface area contributed by atoms with Crippen molar-refractivity contribution in [1.29, 1.82) is 0 Å². The SMILES string of the molecule is CC(SC(C)C(=O)[O-])C(=O)[O-].[Ni+2]. The van der Waals surface area contributed by atoms with Gasteiger partial charge in [0.25, 0.3) is 0 Å². The fraction of sp³-hybridized carbons (Fsp3) is 0.667. The zero-order chi connectivity index (χ0) is 9.02. The fourth-order valence-corrected chi connectivity index (χ4v) is 1.25. The average Bonchev–Trinajstić information content (AvgIpc) is 1.87. The predicted octanol–water partition coefficient (Wildman–Crippen LogP) is -2.01. The molecule has 6 heteroatoms. The molecule has 4 nitrogen and oxygen atoms in total. The molecule has 0 rings (SSSR count). The van der Waals surface area contributed by atoms with E-state index in [1.54, 1.807) is 0 Å². The van der Waals surface area contributed by atoms with E-state index in [-0.39, 0.29) is 16.5 Å². The van der Waals surface area contributed by atoms with Gasteiger partial charge in [-0.1, -0.05) is 0 Å². The average molecular weight is 235 g/mol. The quantitative estimate of drug-likeness (QED) is 0.526. The van der Waals surface area contributed by atoms with Crippen molar-refractivity contribution in [3.63, 3.8) is 0 Å². The van der Waals surface area contributed by atoms with Crippen LogP contribution in [-0.4, -0.2) is 22.4 Å². The summed E-state index contributed by atoms with van der Waals surface area (Å²) in [5.74, 6) is -2.52. The Morgan fingerprint density at radius 2 is 1.33 bits per heavy atom. The van der Waals surface area contributed by atoms with Crippen LogP contribution in [0.4, 0.5) is 0 Å². The minimum absolute atomic E-state index is 0. The summed E-state index contributed by atoms with van der Waals surface area (Å²) in [5, 5.41) is 18.6. The van der Waals surface area contributed by atoms with Gasteiger partial charge >= 0.3 is 16.5 Å². The van der Waals surface area contributed by atoms with Crippen LogP contribution in [0.25, 0.3) is 0 Å². The molecule has 2 unspecified atom stereocenters. The van der Waals surface area contributed by atoms with Crippen molar-refractivity contribution in [2.24, 2.45) is 0 Å². The topological polar surface area (TPSA) is 80.3 Å². The smallest absolute Gasteiger partial charge is 0.549 e. The van der Waals surface area contributed by atoms with Crippen LogP contribution in [0, 0.1) is 0 Å². The van der Waals surface area contributed by atoms with Crippen molar-refractivity contribution < 1.29 is 36.3 Å². The van der Waals surface area contributed by atoms with Crippen molar-refractivity contribution >= 4 is 23.7 Å². The summed E-state index contributed by atoms with van der Waals surface area (Å²) in [6.07, 6.45) is 0. The monoisotopic (exact) mass is 234 g/mol. The first-order chi connectivity index (χ1) is 4.95. The molecule has 72 valence electrons. The number of aliphatic carboxylic acids is 2. The van der Waals surface area contributed by atoms with Crippen molar-refractivity contribution in [1.82, 2.24) is 0 Å². The molecule has 0 aromatic carbocycles. The van der Waals surface area contributed by atoms with Crippen LogP contribution in [0.1, 0.15) is 13.8 Å². The Hall–Kier alpha value is -0.216. The number of carboxylic acid groups (broad SMARTS) is 2. The summed E-state index contributed by atoms with van der Waals surface area (Å²) in [6.45, 7) is 2.75. The molecule has 0 aromatic rings. The molecular weight excluding hydrogens is 227 g/mol. The van der Waals surface area contributed by atoms with Gasteiger partial charge in [0.15, 0.2) is 0 Å². The summed E-state index contributed by atoms with van der Waals surface area (Å²) in [5.41, 5.74) is 0. The Kier molecular flexibility index (Phi) is 7.53. The third kappa shape index (κ3) is 5.44. The van der Waals surface area contributed by atoms with Gasteiger partial charge < -0.3 is 19.8 Å². The zero-order valence-corrected chi connectivity index (χ0v) is 8.32. The normalized spacial score (nSPS) is 14.2. The molecule has 0 aromatic heterocycles. The van der Waals surface area contributed by atoms with Gasteiger partial charge in [-0.3, -0.25) is 0 Å².